The third kappa shape index (κ3) is 16.2. The van der Waals surface area contributed by atoms with E-state index in [1.165, 1.54) is 27.8 Å². The van der Waals surface area contributed by atoms with Gasteiger partial charge in [0.2, 0.25) is 29.7 Å². The van der Waals surface area contributed by atoms with Gasteiger partial charge in [-0.3, -0.25) is 48.9 Å². The second-order valence-corrected chi connectivity index (χ2v) is 33.4. The lowest BCUT2D eigenvalue weighted by Crippen LogP contribution is -2.44. The van der Waals surface area contributed by atoms with Gasteiger partial charge in [0, 0.05) is 149 Å². The number of hydrogen-bond acceptors (Lipinski definition) is 30. The number of aliphatic imine (C=N–C) groups is 5. The fourth-order valence-electron chi connectivity index (χ4n) is 17.9. The molecule has 0 fully saturated rings. The van der Waals surface area contributed by atoms with Crippen molar-refractivity contribution in [1.29, 1.82) is 0 Å². The molecule has 5 amide bonds. The van der Waals surface area contributed by atoms with Crippen molar-refractivity contribution in [1.82, 2.24) is 101 Å². The van der Waals surface area contributed by atoms with Crippen LogP contribution < -0.4 is 51.1 Å². The Morgan fingerprint density at radius 2 is 0.608 bits per heavy atom. The van der Waals surface area contributed by atoms with Crippen LogP contribution in [0.2, 0.25) is 0 Å². The standard InChI is InChI=1S/C19H23N7O.3C18H21N7O.C17H19N7O/c1-6-15-14-9-13(8-7-12(14)10-20-15)21-17(27)16-11(2)25(5)18-22-23-24-26(18)19(16,3)4;3*1-5-15-14-8-13(7-6-12(14)9-19-15)20-17(26)16-10(2)24(4)18-21-22-23-25(18)11(16)3;1-4-15-13-7-12(6-5-11(13)8-18-15)19-16(25)14-9-24-17(20-21-22-24)23(3)10(14)2/h7-9H,6,10H2,1-5H3,(H,21,27);3*6-8,11H,5,9H2,1-4H3,(H,20,26);5-7H,4,8-9H2,1-3H3,(H,19,25)/t;2*11-;;/m.10../s1. The van der Waals surface area contributed by atoms with E-state index in [1.54, 1.807) is 23.4 Å². The molecule has 0 saturated heterocycles. The van der Waals surface area contributed by atoms with Crippen LogP contribution in [0.1, 0.15) is 210 Å². The molecule has 20 rings (SSSR count). The summed E-state index contributed by atoms with van der Waals surface area (Å²) in [5.74, 6) is 2.43. The van der Waals surface area contributed by atoms with Gasteiger partial charge in [-0.15, -0.1) is 0 Å². The fourth-order valence-corrected chi connectivity index (χ4v) is 17.9. The van der Waals surface area contributed by atoms with Crippen LogP contribution in [0.25, 0.3) is 0 Å². The highest BCUT2D eigenvalue weighted by molar-refractivity contribution is 6.13. The van der Waals surface area contributed by atoms with E-state index >= 15 is 0 Å². The van der Waals surface area contributed by atoms with Crippen molar-refractivity contribution < 1.29 is 24.0 Å². The highest BCUT2D eigenvalue weighted by Crippen LogP contribution is 2.41. The number of benzene rings is 5. The molecular formula is C90H105N35O5. The Morgan fingerprint density at radius 3 is 0.931 bits per heavy atom. The molecule has 0 bridgehead atoms. The zero-order chi connectivity index (χ0) is 92.2. The molecule has 40 heteroatoms. The van der Waals surface area contributed by atoms with Crippen LogP contribution in [0.15, 0.2) is 172 Å². The number of nitrogens with one attached hydrogen (secondary N) is 5. The van der Waals surface area contributed by atoms with Crippen LogP contribution in [0.4, 0.5) is 58.2 Å². The van der Waals surface area contributed by atoms with Gasteiger partial charge in [-0.25, -0.2) is 23.4 Å². The summed E-state index contributed by atoms with van der Waals surface area (Å²) in [5.41, 5.74) is 27.8. The van der Waals surface area contributed by atoms with Crippen molar-refractivity contribution in [3.8, 4) is 0 Å². The Hall–Kier alpha value is -15.2. The minimum Gasteiger partial charge on any atom is -0.322 e. The van der Waals surface area contributed by atoms with Crippen molar-refractivity contribution in [2.24, 2.45) is 25.0 Å². The number of hydrogen-bond donors (Lipinski definition) is 5. The second kappa shape index (κ2) is 35.9. The fraction of sp³-hybridized carbons (Fsp3) is 0.389. The average Bonchev–Trinajstić information content (AvgIpc) is 1.44. The summed E-state index contributed by atoms with van der Waals surface area (Å²) in [5, 5.41) is 73.9. The predicted octanol–water partition coefficient (Wildman–Crippen LogP) is 11.2. The summed E-state index contributed by atoms with van der Waals surface area (Å²) in [6, 6.07) is 29.2. The van der Waals surface area contributed by atoms with Crippen molar-refractivity contribution in [2.45, 2.75) is 199 Å². The molecule has 3 atom stereocenters. The summed E-state index contributed by atoms with van der Waals surface area (Å²) >= 11 is 0. The Bertz CT molecular complexity index is 6240. The molecule has 40 nitrogen and oxygen atoms in total. The second-order valence-electron chi connectivity index (χ2n) is 33.4. The summed E-state index contributed by atoms with van der Waals surface area (Å²) in [6.07, 6.45) is 4.44. The minimum atomic E-state index is -0.660. The number of fused-ring (bicyclic) bond motifs is 10. The summed E-state index contributed by atoms with van der Waals surface area (Å²) in [7, 11) is 9.28. The lowest BCUT2D eigenvalue weighted by atomic mass is 9.89. The van der Waals surface area contributed by atoms with Gasteiger partial charge in [0.25, 0.3) is 29.5 Å². The van der Waals surface area contributed by atoms with E-state index in [1.807, 2.05) is 220 Å². The highest BCUT2D eigenvalue weighted by atomic mass is 16.2. The lowest BCUT2D eigenvalue weighted by Gasteiger charge is -2.37. The third-order valence-corrected chi connectivity index (χ3v) is 25.7. The molecule has 10 aliphatic heterocycles. The normalized spacial score (nSPS) is 17.8. The van der Waals surface area contributed by atoms with Crippen molar-refractivity contribution in [3.05, 3.63) is 203 Å². The Labute approximate surface area is 750 Å². The monoisotopic (exact) mass is 1760 g/mol. The first kappa shape index (κ1) is 88.3. The number of allylic oxidation sites excluding steroid dienone is 5. The predicted molar refractivity (Wildman–Crippen MR) is 496 cm³/mol. The molecule has 15 heterocycles. The molecule has 5 aromatic carbocycles. The maximum atomic E-state index is 13.2. The SMILES string of the molecule is CCC1=NCc2ccc(NC(=O)C3=C(C)N(C)c4nnnn4C3(C)C)cc21.CCC1=NCc2ccc(NC(=O)C3=C(C)N(C)c4nnnn4C3)cc21.CCC1=NCc2ccc(NC(=O)C3=C(C)N(C)c4nnnn4C3C)cc21.CCC1=NCc2ccc(NC(=O)C3=C(C)N(C)c4nnnn4[C@@H]3C)cc21.CCC1=NCc2ccc(NC(=O)C3=C(C)N(C)c4nnnn4[C@H]3C)cc21. The van der Waals surface area contributed by atoms with Gasteiger partial charge in [-0.05, 0) is 242 Å². The highest BCUT2D eigenvalue weighted by Gasteiger charge is 2.43. The molecule has 0 saturated carbocycles. The molecule has 10 aliphatic rings. The molecule has 670 valence electrons. The van der Waals surface area contributed by atoms with E-state index in [0.717, 1.165) is 178 Å². The number of amides is 5. The van der Waals surface area contributed by atoms with Crippen LogP contribution in [-0.2, 0) is 68.8 Å². The number of rotatable bonds is 15. The van der Waals surface area contributed by atoms with Gasteiger partial charge in [0.15, 0.2) is 0 Å². The Balaban J connectivity index is 0.000000119. The third-order valence-electron chi connectivity index (χ3n) is 25.7. The number of tetrazole rings is 5. The quantitative estimate of drug-likeness (QED) is 0.0636. The summed E-state index contributed by atoms with van der Waals surface area (Å²) < 4.78 is 8.28. The van der Waals surface area contributed by atoms with Crippen molar-refractivity contribution in [3.63, 3.8) is 0 Å². The van der Waals surface area contributed by atoms with Crippen LogP contribution in [0, 0.1) is 0 Å². The van der Waals surface area contributed by atoms with Gasteiger partial charge in [-0.2, -0.15) is 0 Å². The first-order chi connectivity index (χ1) is 62.4. The summed E-state index contributed by atoms with van der Waals surface area (Å²) in [6.45, 7) is 33.7. The van der Waals surface area contributed by atoms with E-state index in [4.69, 9.17) is 0 Å². The van der Waals surface area contributed by atoms with E-state index in [-0.39, 0.29) is 47.7 Å². The van der Waals surface area contributed by atoms with Gasteiger partial charge >= 0.3 is 0 Å². The number of anilines is 10. The van der Waals surface area contributed by atoms with Gasteiger partial charge in [-0.1, -0.05) is 90.4 Å². The molecule has 0 radical (unpaired) electrons. The van der Waals surface area contributed by atoms with E-state index in [9.17, 15) is 24.0 Å². The molecule has 1 unspecified atom stereocenters. The van der Waals surface area contributed by atoms with Crippen LogP contribution >= 0.6 is 0 Å². The Kier molecular flexibility index (Phi) is 24.4. The number of aromatic nitrogens is 20. The minimum absolute atomic E-state index is 0.140. The molecule has 0 spiro atoms. The lowest BCUT2D eigenvalue weighted by molar-refractivity contribution is -0.114. The zero-order valence-corrected chi connectivity index (χ0v) is 76.6. The number of carbonyl (C=O) groups excluding carboxylic acids is 5. The Morgan fingerprint density at radius 1 is 0.338 bits per heavy atom. The maximum Gasteiger partial charge on any atom is 0.255 e. The van der Waals surface area contributed by atoms with E-state index in [2.05, 4.69) is 164 Å². The van der Waals surface area contributed by atoms with E-state index in [0.29, 0.717) is 64.2 Å². The molecule has 5 N–H and O–H groups in total. The van der Waals surface area contributed by atoms with Crippen LogP contribution in [-0.4, -0.2) is 194 Å². The molecule has 10 aromatic rings. The van der Waals surface area contributed by atoms with Crippen LogP contribution in [0.5, 0.6) is 0 Å². The molecular weight excluding hydrogens is 1650 g/mol. The molecule has 0 aliphatic carbocycles. The maximum absolute atomic E-state index is 13.2. The van der Waals surface area contributed by atoms with E-state index < -0.39 is 5.54 Å². The number of nitrogens with zero attached hydrogens (tertiary/aromatic N) is 30. The smallest absolute Gasteiger partial charge is 0.255 e. The molecule has 130 heavy (non-hydrogen) atoms. The van der Waals surface area contributed by atoms with Gasteiger partial charge < -0.3 is 51.1 Å². The van der Waals surface area contributed by atoms with Crippen molar-refractivity contribution in [2.75, 3.05) is 86.3 Å². The largest absolute Gasteiger partial charge is 0.322 e. The summed E-state index contributed by atoms with van der Waals surface area (Å²) in [4.78, 5) is 96.9. The first-order valence-corrected chi connectivity index (χ1v) is 43.5. The van der Waals surface area contributed by atoms with Gasteiger partial charge in [0.1, 0.15) is 0 Å². The van der Waals surface area contributed by atoms with Gasteiger partial charge in [0.05, 0.1) is 90.8 Å². The average molecular weight is 1760 g/mol. The topological polar surface area (TPSA) is 441 Å². The van der Waals surface area contributed by atoms with Crippen LogP contribution in [0.3, 0.4) is 0 Å². The number of carbonyl (C=O) groups is 5. The zero-order valence-electron chi connectivity index (χ0n) is 76.6. The van der Waals surface area contributed by atoms with Crippen molar-refractivity contribution >= 4 is 116 Å². The first-order valence-electron chi connectivity index (χ1n) is 43.5. The molecule has 5 aromatic heterocycles.